The lowest BCUT2D eigenvalue weighted by Crippen LogP contribution is -2.56. The summed E-state index contributed by atoms with van der Waals surface area (Å²) in [6, 6.07) is 16.7. The van der Waals surface area contributed by atoms with Crippen LogP contribution in [0.4, 0.5) is 5.69 Å². The topological polar surface area (TPSA) is 59.8 Å². The third kappa shape index (κ3) is 5.45. The Labute approximate surface area is 207 Å². The average Bonchev–Trinajstić information content (AvgIpc) is 3.26. The number of carbonyl (C=O) groups excluding carboxylic acids is 1. The molecule has 7 heteroatoms. The summed E-state index contributed by atoms with van der Waals surface area (Å²) in [6.07, 6.45) is 8.60. The molecule has 2 aliphatic rings. The molecule has 7 nitrogen and oxygen atoms in total. The first kappa shape index (κ1) is 23.3. The highest BCUT2D eigenvalue weighted by molar-refractivity contribution is 5.79. The fraction of sp³-hybridized carbons (Fsp3) is 0.429. The molecule has 1 amide bonds. The number of hydrogen-bond donors (Lipinski definition) is 0. The summed E-state index contributed by atoms with van der Waals surface area (Å²) in [5.74, 6) is 1.73. The molecule has 184 valence electrons. The quantitative estimate of drug-likeness (QED) is 0.496. The Morgan fingerprint density at radius 3 is 2.57 bits per heavy atom. The lowest BCUT2D eigenvalue weighted by Gasteiger charge is -2.43. The molecule has 5 rings (SSSR count). The molecular formula is C28H34N4O3. The molecule has 1 unspecified atom stereocenters. The number of piperazine rings is 1. The van der Waals surface area contributed by atoms with Crippen molar-refractivity contribution < 1.29 is 14.3 Å². The molecule has 2 fully saturated rings. The summed E-state index contributed by atoms with van der Waals surface area (Å²) in [6.45, 7) is 2.23. The van der Waals surface area contributed by atoms with E-state index in [1.165, 1.54) is 12.0 Å². The standard InChI is InChI=1S/C28H34N4O3/c1-30-19-22(18-29-30)16-28(33)32-14-13-31(20-24(32)15-21-7-4-3-5-8-21)23-11-12-26(34-2)27(17-23)35-25-9-6-10-25/h3-5,7-8,11-12,17-19,24-25H,6,9-10,13-16,20H2,1-2H3. The van der Waals surface area contributed by atoms with E-state index in [-0.39, 0.29) is 18.1 Å². The Morgan fingerprint density at radius 2 is 1.89 bits per heavy atom. The molecular weight excluding hydrogens is 440 g/mol. The molecule has 1 aliphatic heterocycles. The van der Waals surface area contributed by atoms with Gasteiger partial charge in [-0.3, -0.25) is 9.48 Å². The second kappa shape index (κ2) is 10.4. The van der Waals surface area contributed by atoms with Crippen LogP contribution in [0.15, 0.2) is 60.9 Å². The molecule has 1 aromatic heterocycles. The monoisotopic (exact) mass is 474 g/mol. The lowest BCUT2D eigenvalue weighted by atomic mass is 9.96. The molecule has 0 bridgehead atoms. The van der Waals surface area contributed by atoms with Crippen LogP contribution in [0, 0.1) is 0 Å². The average molecular weight is 475 g/mol. The Bertz CT molecular complexity index is 1140. The third-order valence-corrected chi connectivity index (χ3v) is 7.09. The van der Waals surface area contributed by atoms with E-state index in [0.717, 1.165) is 55.1 Å². The van der Waals surface area contributed by atoms with E-state index in [0.29, 0.717) is 13.0 Å². The van der Waals surface area contributed by atoms with Gasteiger partial charge in [-0.15, -0.1) is 0 Å². The lowest BCUT2D eigenvalue weighted by molar-refractivity contribution is -0.133. The zero-order valence-corrected chi connectivity index (χ0v) is 20.6. The van der Waals surface area contributed by atoms with Gasteiger partial charge in [0.2, 0.25) is 5.91 Å². The first-order valence-electron chi connectivity index (χ1n) is 12.5. The van der Waals surface area contributed by atoms with Crippen LogP contribution >= 0.6 is 0 Å². The van der Waals surface area contributed by atoms with Crippen LogP contribution in [0.1, 0.15) is 30.4 Å². The van der Waals surface area contributed by atoms with Gasteiger partial charge in [0.25, 0.3) is 0 Å². The number of carbonyl (C=O) groups is 1. The van der Waals surface area contributed by atoms with Crippen molar-refractivity contribution in [3.05, 3.63) is 72.1 Å². The van der Waals surface area contributed by atoms with Gasteiger partial charge in [0, 0.05) is 44.6 Å². The molecule has 0 radical (unpaired) electrons. The summed E-state index contributed by atoms with van der Waals surface area (Å²) in [5.41, 5.74) is 3.30. The molecule has 35 heavy (non-hydrogen) atoms. The van der Waals surface area contributed by atoms with E-state index in [1.54, 1.807) is 18.0 Å². The molecule has 2 heterocycles. The third-order valence-electron chi connectivity index (χ3n) is 7.09. The summed E-state index contributed by atoms with van der Waals surface area (Å²) in [7, 11) is 3.56. The van der Waals surface area contributed by atoms with Crippen molar-refractivity contribution in [2.45, 2.75) is 44.2 Å². The van der Waals surface area contributed by atoms with Gasteiger partial charge in [0.1, 0.15) is 0 Å². The van der Waals surface area contributed by atoms with Crippen LogP contribution in [0.25, 0.3) is 0 Å². The second-order valence-corrected chi connectivity index (χ2v) is 9.58. The molecule has 1 aliphatic carbocycles. The zero-order chi connectivity index (χ0) is 24.2. The normalized spacial score (nSPS) is 18.3. The molecule has 1 saturated heterocycles. The number of hydrogen-bond acceptors (Lipinski definition) is 5. The molecule has 1 saturated carbocycles. The van der Waals surface area contributed by atoms with E-state index in [4.69, 9.17) is 9.47 Å². The Balaban J connectivity index is 1.35. The Hall–Kier alpha value is -3.48. The van der Waals surface area contributed by atoms with E-state index in [2.05, 4.69) is 51.3 Å². The van der Waals surface area contributed by atoms with Gasteiger partial charge in [-0.1, -0.05) is 30.3 Å². The number of aryl methyl sites for hydroxylation is 1. The van der Waals surface area contributed by atoms with Gasteiger partial charge in [0.15, 0.2) is 11.5 Å². The number of nitrogens with zero attached hydrogens (tertiary/aromatic N) is 4. The van der Waals surface area contributed by atoms with E-state index in [9.17, 15) is 4.79 Å². The summed E-state index contributed by atoms with van der Waals surface area (Å²) < 4.78 is 13.5. The summed E-state index contributed by atoms with van der Waals surface area (Å²) in [4.78, 5) is 17.8. The van der Waals surface area contributed by atoms with Crippen LogP contribution in [-0.4, -0.2) is 59.5 Å². The highest BCUT2D eigenvalue weighted by Gasteiger charge is 2.31. The maximum absolute atomic E-state index is 13.4. The number of aromatic nitrogens is 2. The molecule has 1 atom stereocenters. The number of methoxy groups -OCH3 is 1. The largest absolute Gasteiger partial charge is 0.493 e. The Kier molecular flexibility index (Phi) is 6.93. The van der Waals surface area contributed by atoms with Crippen molar-refractivity contribution in [1.82, 2.24) is 14.7 Å². The minimum Gasteiger partial charge on any atom is -0.493 e. The zero-order valence-electron chi connectivity index (χ0n) is 20.6. The Morgan fingerprint density at radius 1 is 1.06 bits per heavy atom. The molecule has 3 aromatic rings. The number of amides is 1. The fourth-order valence-electron chi connectivity index (χ4n) is 4.94. The maximum Gasteiger partial charge on any atom is 0.227 e. The van der Waals surface area contributed by atoms with Gasteiger partial charge < -0.3 is 19.3 Å². The summed E-state index contributed by atoms with van der Waals surface area (Å²) >= 11 is 0. The van der Waals surface area contributed by atoms with Gasteiger partial charge in [-0.2, -0.15) is 5.10 Å². The van der Waals surface area contributed by atoms with Crippen molar-refractivity contribution in [2.75, 3.05) is 31.6 Å². The smallest absolute Gasteiger partial charge is 0.227 e. The van der Waals surface area contributed by atoms with Crippen LogP contribution in [0.3, 0.4) is 0 Å². The SMILES string of the molecule is COc1ccc(N2CCN(C(=O)Cc3cnn(C)c3)C(Cc3ccccc3)C2)cc1OC1CCC1. The minimum absolute atomic E-state index is 0.0772. The van der Waals surface area contributed by atoms with Crippen molar-refractivity contribution in [2.24, 2.45) is 7.05 Å². The van der Waals surface area contributed by atoms with Crippen LogP contribution < -0.4 is 14.4 Å². The van der Waals surface area contributed by atoms with Crippen molar-refractivity contribution in [1.29, 1.82) is 0 Å². The minimum atomic E-state index is 0.0772. The molecule has 0 spiro atoms. The van der Waals surface area contributed by atoms with E-state index >= 15 is 0 Å². The van der Waals surface area contributed by atoms with Crippen LogP contribution in [0.5, 0.6) is 11.5 Å². The number of anilines is 1. The highest BCUT2D eigenvalue weighted by Crippen LogP contribution is 2.36. The summed E-state index contributed by atoms with van der Waals surface area (Å²) in [5, 5.41) is 4.22. The van der Waals surface area contributed by atoms with Gasteiger partial charge in [0.05, 0.1) is 31.9 Å². The molecule has 2 aromatic carbocycles. The first-order valence-corrected chi connectivity index (χ1v) is 12.5. The van der Waals surface area contributed by atoms with E-state index < -0.39 is 0 Å². The van der Waals surface area contributed by atoms with Crippen LogP contribution in [0.2, 0.25) is 0 Å². The first-order chi connectivity index (χ1) is 17.1. The van der Waals surface area contributed by atoms with Crippen molar-refractivity contribution >= 4 is 11.6 Å². The van der Waals surface area contributed by atoms with Crippen LogP contribution in [-0.2, 0) is 24.7 Å². The highest BCUT2D eigenvalue weighted by atomic mass is 16.5. The second-order valence-electron chi connectivity index (χ2n) is 9.58. The van der Waals surface area contributed by atoms with Crippen molar-refractivity contribution in [3.63, 3.8) is 0 Å². The van der Waals surface area contributed by atoms with E-state index in [1.807, 2.05) is 25.4 Å². The number of ether oxygens (including phenoxy) is 2. The number of benzene rings is 2. The predicted octanol–water partition coefficient (Wildman–Crippen LogP) is 3.86. The number of rotatable bonds is 8. The van der Waals surface area contributed by atoms with Gasteiger partial charge in [-0.05, 0) is 48.9 Å². The van der Waals surface area contributed by atoms with Gasteiger partial charge in [-0.25, -0.2) is 0 Å². The maximum atomic E-state index is 13.4. The van der Waals surface area contributed by atoms with Crippen molar-refractivity contribution in [3.8, 4) is 11.5 Å². The van der Waals surface area contributed by atoms with Gasteiger partial charge >= 0.3 is 0 Å². The predicted molar refractivity (Wildman–Crippen MR) is 136 cm³/mol. The molecule has 0 N–H and O–H groups in total. The fourth-order valence-corrected chi connectivity index (χ4v) is 4.94.